The summed E-state index contributed by atoms with van der Waals surface area (Å²) in [5.41, 5.74) is 0. The van der Waals surface area contributed by atoms with E-state index in [1.54, 1.807) is 14.0 Å². The van der Waals surface area contributed by atoms with Gasteiger partial charge in [-0.1, -0.05) is 0 Å². The van der Waals surface area contributed by atoms with Gasteiger partial charge in [-0.2, -0.15) is 0 Å². The molecule has 3 heteroatoms. The number of methoxy groups -OCH3 is 1. The molecule has 62 valence electrons. The van der Waals surface area contributed by atoms with Gasteiger partial charge < -0.3 is 14.6 Å². The molecule has 0 aromatic rings. The molecule has 1 rings (SSSR count). The Morgan fingerprint density at radius 3 is 2.50 bits per heavy atom. The van der Waals surface area contributed by atoms with Crippen LogP contribution in [-0.2, 0) is 9.47 Å². The minimum atomic E-state index is 0.250. The Morgan fingerprint density at radius 1 is 1.70 bits per heavy atom. The smallest absolute Gasteiger partial charge is 0.0826 e. The van der Waals surface area contributed by atoms with Crippen molar-refractivity contribution in [2.45, 2.75) is 19.4 Å². The molecule has 0 aromatic carbocycles. The Kier molecular flexibility index (Phi) is 6.91. The van der Waals surface area contributed by atoms with Crippen LogP contribution in [0.2, 0.25) is 0 Å². The number of aliphatic hydroxyl groups excluding tert-OH is 1. The first-order valence-electron chi connectivity index (χ1n) is 3.56. The Balaban J connectivity index is 0.000000236. The minimum Gasteiger partial charge on any atom is -0.397 e. The molecule has 1 aliphatic heterocycles. The van der Waals surface area contributed by atoms with Crippen molar-refractivity contribution in [2.24, 2.45) is 0 Å². The van der Waals surface area contributed by atoms with Gasteiger partial charge in [0.2, 0.25) is 0 Å². The lowest BCUT2D eigenvalue weighted by molar-refractivity contribution is 0.0822. The SMILES string of the molecule is CCO.CO[C@@H]1CCOC1. The van der Waals surface area contributed by atoms with Crippen LogP contribution in [0.3, 0.4) is 0 Å². The van der Waals surface area contributed by atoms with Crippen LogP contribution in [0.5, 0.6) is 0 Å². The largest absolute Gasteiger partial charge is 0.397 e. The molecule has 0 unspecified atom stereocenters. The first kappa shape index (κ1) is 9.88. The number of ether oxygens (including phenoxy) is 2. The van der Waals surface area contributed by atoms with E-state index in [-0.39, 0.29) is 6.61 Å². The lowest BCUT2D eigenvalue weighted by atomic mass is 10.3. The van der Waals surface area contributed by atoms with Crippen molar-refractivity contribution in [3.63, 3.8) is 0 Å². The predicted molar refractivity (Wildman–Crippen MR) is 39.0 cm³/mol. The highest BCUT2D eigenvalue weighted by atomic mass is 16.5. The highest BCUT2D eigenvalue weighted by molar-refractivity contribution is 4.60. The minimum absolute atomic E-state index is 0.250. The van der Waals surface area contributed by atoms with E-state index in [1.807, 2.05) is 0 Å². The molecule has 0 amide bonds. The van der Waals surface area contributed by atoms with Gasteiger partial charge in [0, 0.05) is 20.3 Å². The fraction of sp³-hybridized carbons (Fsp3) is 1.00. The van der Waals surface area contributed by atoms with Crippen LogP contribution in [0.4, 0.5) is 0 Å². The van der Waals surface area contributed by atoms with Gasteiger partial charge in [-0.05, 0) is 13.3 Å². The predicted octanol–water partition coefficient (Wildman–Crippen LogP) is 0.420. The van der Waals surface area contributed by atoms with Crippen molar-refractivity contribution >= 4 is 0 Å². The lowest BCUT2D eigenvalue weighted by Gasteiger charge is -2.00. The van der Waals surface area contributed by atoms with Gasteiger partial charge in [-0.3, -0.25) is 0 Å². The molecule has 0 aliphatic carbocycles. The van der Waals surface area contributed by atoms with Gasteiger partial charge in [0.15, 0.2) is 0 Å². The Morgan fingerprint density at radius 2 is 2.30 bits per heavy atom. The van der Waals surface area contributed by atoms with Crippen molar-refractivity contribution < 1.29 is 14.6 Å². The van der Waals surface area contributed by atoms with Crippen molar-refractivity contribution in [2.75, 3.05) is 26.9 Å². The van der Waals surface area contributed by atoms with Crippen molar-refractivity contribution in [3.8, 4) is 0 Å². The maximum atomic E-state index is 7.57. The van der Waals surface area contributed by atoms with E-state index in [0.717, 1.165) is 19.6 Å². The fourth-order valence-corrected chi connectivity index (χ4v) is 0.699. The second kappa shape index (κ2) is 6.99. The Hall–Kier alpha value is -0.120. The van der Waals surface area contributed by atoms with E-state index in [0.29, 0.717) is 6.10 Å². The van der Waals surface area contributed by atoms with E-state index >= 15 is 0 Å². The molecule has 0 radical (unpaired) electrons. The molecule has 0 aromatic heterocycles. The Labute approximate surface area is 62.0 Å². The van der Waals surface area contributed by atoms with Crippen LogP contribution >= 0.6 is 0 Å². The van der Waals surface area contributed by atoms with Gasteiger partial charge in [-0.15, -0.1) is 0 Å². The van der Waals surface area contributed by atoms with Gasteiger partial charge in [-0.25, -0.2) is 0 Å². The number of rotatable bonds is 1. The van der Waals surface area contributed by atoms with Gasteiger partial charge in [0.25, 0.3) is 0 Å². The molecule has 0 spiro atoms. The molecular weight excluding hydrogens is 132 g/mol. The van der Waals surface area contributed by atoms with Gasteiger partial charge in [0.05, 0.1) is 12.7 Å². The molecule has 1 aliphatic rings. The van der Waals surface area contributed by atoms with Crippen LogP contribution in [0, 0.1) is 0 Å². The lowest BCUT2D eigenvalue weighted by Crippen LogP contribution is -2.07. The molecule has 0 saturated carbocycles. The third-order valence-electron chi connectivity index (χ3n) is 1.22. The van der Waals surface area contributed by atoms with Crippen LogP contribution in [0.1, 0.15) is 13.3 Å². The molecule has 1 saturated heterocycles. The highest BCUT2D eigenvalue weighted by Gasteiger charge is 2.12. The molecule has 1 atom stereocenters. The van der Waals surface area contributed by atoms with E-state index in [9.17, 15) is 0 Å². The summed E-state index contributed by atoms with van der Waals surface area (Å²) in [7, 11) is 1.72. The summed E-state index contributed by atoms with van der Waals surface area (Å²) in [5.74, 6) is 0. The van der Waals surface area contributed by atoms with Crippen molar-refractivity contribution in [3.05, 3.63) is 0 Å². The summed E-state index contributed by atoms with van der Waals surface area (Å²) >= 11 is 0. The Bertz CT molecular complexity index is 59.9. The van der Waals surface area contributed by atoms with E-state index < -0.39 is 0 Å². The monoisotopic (exact) mass is 148 g/mol. The zero-order chi connectivity index (χ0) is 7.82. The quantitative estimate of drug-likeness (QED) is 0.585. The van der Waals surface area contributed by atoms with Crippen molar-refractivity contribution in [1.82, 2.24) is 0 Å². The summed E-state index contributed by atoms with van der Waals surface area (Å²) in [4.78, 5) is 0. The van der Waals surface area contributed by atoms with Crippen LogP contribution in [0.15, 0.2) is 0 Å². The van der Waals surface area contributed by atoms with Crippen molar-refractivity contribution in [1.29, 1.82) is 0 Å². The average molecular weight is 148 g/mol. The number of hydrogen-bond acceptors (Lipinski definition) is 3. The topological polar surface area (TPSA) is 38.7 Å². The molecule has 1 N–H and O–H groups in total. The summed E-state index contributed by atoms with van der Waals surface area (Å²) in [6.45, 7) is 3.59. The molecule has 1 fully saturated rings. The first-order chi connectivity index (χ1) is 4.85. The highest BCUT2D eigenvalue weighted by Crippen LogP contribution is 2.05. The second-order valence-corrected chi connectivity index (χ2v) is 2.04. The van der Waals surface area contributed by atoms with Crippen LogP contribution < -0.4 is 0 Å². The van der Waals surface area contributed by atoms with Crippen LogP contribution in [-0.4, -0.2) is 38.1 Å². The molecule has 0 bridgehead atoms. The maximum absolute atomic E-state index is 7.57. The van der Waals surface area contributed by atoms with Gasteiger partial charge in [0.1, 0.15) is 0 Å². The molecule has 3 nitrogen and oxygen atoms in total. The summed E-state index contributed by atoms with van der Waals surface area (Å²) < 4.78 is 10.0. The zero-order valence-electron chi connectivity index (χ0n) is 6.67. The maximum Gasteiger partial charge on any atom is 0.0826 e. The van der Waals surface area contributed by atoms with Crippen LogP contribution in [0.25, 0.3) is 0 Å². The summed E-state index contributed by atoms with van der Waals surface area (Å²) in [6, 6.07) is 0. The summed E-state index contributed by atoms with van der Waals surface area (Å²) in [5, 5.41) is 7.57. The van der Waals surface area contributed by atoms with E-state index in [1.165, 1.54) is 0 Å². The van der Waals surface area contributed by atoms with E-state index in [2.05, 4.69) is 0 Å². The standard InChI is InChI=1S/C5H10O2.C2H6O/c1-6-5-2-3-7-4-5;1-2-3/h5H,2-4H2,1H3;3H,2H2,1H3/t5-;/m1./s1. The number of hydrogen-bond donors (Lipinski definition) is 1. The normalized spacial score (nSPS) is 23.7. The van der Waals surface area contributed by atoms with E-state index in [4.69, 9.17) is 14.6 Å². The fourth-order valence-electron chi connectivity index (χ4n) is 0.699. The molecular formula is C7H16O3. The average Bonchev–Trinajstić information content (AvgIpc) is 2.39. The third kappa shape index (κ3) is 4.73. The second-order valence-electron chi connectivity index (χ2n) is 2.04. The molecule has 1 heterocycles. The zero-order valence-corrected chi connectivity index (χ0v) is 6.67. The summed E-state index contributed by atoms with van der Waals surface area (Å²) in [6.07, 6.45) is 1.44. The molecule has 10 heavy (non-hydrogen) atoms. The number of aliphatic hydroxyl groups is 1. The van der Waals surface area contributed by atoms with Gasteiger partial charge >= 0.3 is 0 Å². The third-order valence-corrected chi connectivity index (χ3v) is 1.22. The first-order valence-corrected chi connectivity index (χ1v) is 3.56.